The molecule has 1 amide bonds. The summed E-state index contributed by atoms with van der Waals surface area (Å²) >= 11 is 0. The molecule has 0 saturated carbocycles. The summed E-state index contributed by atoms with van der Waals surface area (Å²) in [6.45, 7) is 3.88. The molecule has 0 atom stereocenters. The fourth-order valence-corrected chi connectivity index (χ4v) is 1.64. The third-order valence-electron chi connectivity index (χ3n) is 2.82. The molecule has 5 nitrogen and oxygen atoms in total. The van der Waals surface area contributed by atoms with Crippen molar-refractivity contribution in [1.29, 1.82) is 0 Å². The first-order valence-corrected chi connectivity index (χ1v) is 5.98. The van der Waals surface area contributed by atoms with Crippen molar-refractivity contribution in [2.24, 2.45) is 5.73 Å². The van der Waals surface area contributed by atoms with E-state index in [-0.39, 0.29) is 17.7 Å². The lowest BCUT2D eigenvalue weighted by atomic mass is 10.1. The maximum atomic E-state index is 12.0. The van der Waals surface area contributed by atoms with E-state index in [4.69, 9.17) is 10.2 Å². The van der Waals surface area contributed by atoms with Gasteiger partial charge in [0.25, 0.3) is 5.91 Å². The molecule has 1 aromatic carbocycles. The largest absolute Gasteiger partial charge is 0.451 e. The minimum Gasteiger partial charge on any atom is -0.451 e. The molecule has 0 fully saturated rings. The first-order valence-electron chi connectivity index (χ1n) is 5.98. The fourth-order valence-electron chi connectivity index (χ4n) is 1.64. The van der Waals surface area contributed by atoms with Gasteiger partial charge in [-0.25, -0.2) is 0 Å². The van der Waals surface area contributed by atoms with Crippen molar-refractivity contribution in [3.05, 3.63) is 46.3 Å². The molecule has 0 spiro atoms. The molecule has 0 aliphatic carbocycles. The minimum atomic E-state index is -0.554. The van der Waals surface area contributed by atoms with E-state index in [9.17, 15) is 9.59 Å². The Bertz CT molecular complexity index is 674. The lowest BCUT2D eigenvalue weighted by molar-refractivity contribution is 0.0888. The van der Waals surface area contributed by atoms with Crippen LogP contribution in [0.4, 0.5) is 0 Å². The maximum Gasteiger partial charge on any atom is 0.287 e. The van der Waals surface area contributed by atoms with E-state index in [1.54, 1.807) is 38.1 Å². The van der Waals surface area contributed by atoms with E-state index >= 15 is 0 Å². The summed E-state index contributed by atoms with van der Waals surface area (Å²) in [5.41, 5.74) is 5.15. The highest BCUT2D eigenvalue weighted by molar-refractivity contribution is 5.93. The average molecular weight is 260 g/mol. The van der Waals surface area contributed by atoms with Gasteiger partial charge in [-0.1, -0.05) is 12.1 Å². The molecule has 3 N–H and O–H groups in total. The van der Waals surface area contributed by atoms with E-state index in [0.717, 1.165) is 0 Å². The van der Waals surface area contributed by atoms with Crippen LogP contribution in [0.1, 0.15) is 24.4 Å². The number of para-hydroxylation sites is 1. The third kappa shape index (κ3) is 2.82. The van der Waals surface area contributed by atoms with E-state index in [0.29, 0.717) is 11.0 Å². The third-order valence-corrected chi connectivity index (χ3v) is 2.82. The van der Waals surface area contributed by atoms with Crippen molar-refractivity contribution >= 4 is 16.9 Å². The number of benzene rings is 1. The van der Waals surface area contributed by atoms with Gasteiger partial charge in [0.2, 0.25) is 0 Å². The summed E-state index contributed by atoms with van der Waals surface area (Å²) in [5.74, 6) is -0.455. The van der Waals surface area contributed by atoms with Gasteiger partial charge >= 0.3 is 0 Å². The number of rotatable bonds is 3. The van der Waals surface area contributed by atoms with Crippen LogP contribution in [-0.2, 0) is 0 Å². The van der Waals surface area contributed by atoms with Crippen molar-refractivity contribution in [1.82, 2.24) is 5.32 Å². The van der Waals surface area contributed by atoms with Gasteiger partial charge < -0.3 is 15.5 Å². The predicted octanol–water partition coefficient (Wildman–Crippen LogP) is 1.26. The first-order chi connectivity index (χ1) is 8.93. The van der Waals surface area contributed by atoms with Gasteiger partial charge in [0.05, 0.1) is 5.39 Å². The van der Waals surface area contributed by atoms with Gasteiger partial charge in [0.1, 0.15) is 5.58 Å². The molecular weight excluding hydrogens is 244 g/mol. The maximum absolute atomic E-state index is 12.0. The molecule has 2 aromatic rings. The molecule has 1 aromatic heterocycles. The normalized spacial score (nSPS) is 11.5. The molecule has 0 unspecified atom stereocenters. The first kappa shape index (κ1) is 13.3. The van der Waals surface area contributed by atoms with E-state index in [1.165, 1.54) is 6.07 Å². The van der Waals surface area contributed by atoms with Crippen LogP contribution in [0.2, 0.25) is 0 Å². The van der Waals surface area contributed by atoms with Gasteiger partial charge in [0, 0.05) is 18.2 Å². The van der Waals surface area contributed by atoms with Gasteiger partial charge in [-0.2, -0.15) is 0 Å². The predicted molar refractivity (Wildman–Crippen MR) is 73.1 cm³/mol. The van der Waals surface area contributed by atoms with Crippen molar-refractivity contribution in [3.8, 4) is 0 Å². The average Bonchev–Trinajstić information content (AvgIpc) is 2.38. The van der Waals surface area contributed by atoms with Crippen LogP contribution in [0.25, 0.3) is 11.0 Å². The van der Waals surface area contributed by atoms with Crippen LogP contribution in [-0.4, -0.2) is 18.0 Å². The van der Waals surface area contributed by atoms with E-state index < -0.39 is 11.4 Å². The highest BCUT2D eigenvalue weighted by atomic mass is 16.3. The van der Waals surface area contributed by atoms with Crippen LogP contribution in [0.15, 0.2) is 39.5 Å². The molecule has 0 bridgehead atoms. The van der Waals surface area contributed by atoms with Crippen molar-refractivity contribution in [2.75, 3.05) is 6.54 Å². The van der Waals surface area contributed by atoms with Crippen molar-refractivity contribution in [3.63, 3.8) is 0 Å². The van der Waals surface area contributed by atoms with E-state index in [1.807, 2.05) is 0 Å². The lowest BCUT2D eigenvalue weighted by Gasteiger charge is -2.23. The zero-order valence-corrected chi connectivity index (χ0v) is 10.9. The summed E-state index contributed by atoms with van der Waals surface area (Å²) in [7, 11) is 0. The zero-order chi connectivity index (χ0) is 14.0. The Morgan fingerprint density at radius 1 is 1.37 bits per heavy atom. The number of carbonyl (C=O) groups excluding carboxylic acids is 1. The molecule has 0 radical (unpaired) electrons. The molecule has 5 heteroatoms. The van der Waals surface area contributed by atoms with Crippen LogP contribution in [0.5, 0.6) is 0 Å². The molecule has 1 heterocycles. The van der Waals surface area contributed by atoms with Crippen LogP contribution >= 0.6 is 0 Å². The zero-order valence-electron chi connectivity index (χ0n) is 10.9. The highest BCUT2D eigenvalue weighted by Crippen LogP contribution is 2.12. The van der Waals surface area contributed by atoms with E-state index in [2.05, 4.69) is 5.32 Å². The van der Waals surface area contributed by atoms with Crippen molar-refractivity contribution < 1.29 is 9.21 Å². The smallest absolute Gasteiger partial charge is 0.287 e. The van der Waals surface area contributed by atoms with Gasteiger partial charge in [-0.15, -0.1) is 0 Å². The van der Waals surface area contributed by atoms with Gasteiger partial charge in [-0.05, 0) is 26.0 Å². The van der Waals surface area contributed by atoms with Crippen LogP contribution in [0, 0.1) is 0 Å². The van der Waals surface area contributed by atoms with Crippen LogP contribution < -0.4 is 16.5 Å². The summed E-state index contributed by atoms with van der Waals surface area (Å²) in [5, 5.41) is 3.17. The molecule has 2 rings (SSSR count). The minimum absolute atomic E-state index is 0.00905. The second kappa shape index (κ2) is 4.85. The SMILES string of the molecule is CC(C)(CN)NC(=O)c1cc(=O)c2ccccc2o1. The number of hydrogen-bond donors (Lipinski definition) is 2. The standard InChI is InChI=1S/C14H16N2O3/c1-14(2,8-15)16-13(18)12-7-10(17)9-5-3-4-6-11(9)19-12/h3-7H,8,15H2,1-2H3,(H,16,18). The molecular formula is C14H16N2O3. The Balaban J connectivity index is 2.41. The Kier molecular flexibility index (Phi) is 3.40. The summed E-state index contributed by atoms with van der Waals surface area (Å²) in [4.78, 5) is 23.9. The van der Waals surface area contributed by atoms with Crippen molar-refractivity contribution in [2.45, 2.75) is 19.4 Å². The number of fused-ring (bicyclic) bond motifs is 1. The summed E-state index contributed by atoms with van der Waals surface area (Å²) < 4.78 is 5.44. The topological polar surface area (TPSA) is 85.3 Å². The number of hydrogen-bond acceptors (Lipinski definition) is 4. The number of nitrogens with one attached hydrogen (secondary N) is 1. The monoisotopic (exact) mass is 260 g/mol. The number of nitrogens with two attached hydrogens (primary N) is 1. The molecule has 0 saturated heterocycles. The number of amides is 1. The molecule has 0 aliphatic rings. The summed E-state index contributed by atoms with van der Waals surface area (Å²) in [6.07, 6.45) is 0. The molecule has 100 valence electrons. The quantitative estimate of drug-likeness (QED) is 0.870. The Hall–Kier alpha value is -2.14. The Morgan fingerprint density at radius 2 is 2.05 bits per heavy atom. The Morgan fingerprint density at radius 3 is 2.74 bits per heavy atom. The Labute approximate surface area is 110 Å². The summed E-state index contributed by atoms with van der Waals surface area (Å²) in [6, 6.07) is 8.01. The lowest BCUT2D eigenvalue weighted by Crippen LogP contribution is -2.48. The molecule has 19 heavy (non-hydrogen) atoms. The van der Waals surface area contributed by atoms with Crippen LogP contribution in [0.3, 0.4) is 0 Å². The highest BCUT2D eigenvalue weighted by Gasteiger charge is 2.21. The second-order valence-corrected chi connectivity index (χ2v) is 5.01. The number of carbonyl (C=O) groups is 1. The van der Waals surface area contributed by atoms with Gasteiger partial charge in [0.15, 0.2) is 11.2 Å². The second-order valence-electron chi connectivity index (χ2n) is 5.01. The van der Waals surface area contributed by atoms with Gasteiger partial charge in [-0.3, -0.25) is 9.59 Å². The fraction of sp³-hybridized carbons (Fsp3) is 0.286. The molecule has 0 aliphatic heterocycles.